The van der Waals surface area contributed by atoms with E-state index < -0.39 is 0 Å². The Morgan fingerprint density at radius 1 is 1.31 bits per heavy atom. The van der Waals surface area contributed by atoms with Crippen LogP contribution in [-0.4, -0.2) is 14.8 Å². The minimum absolute atomic E-state index is 0.661. The van der Waals surface area contributed by atoms with Crippen molar-refractivity contribution in [2.24, 2.45) is 0 Å². The van der Waals surface area contributed by atoms with Crippen LogP contribution in [-0.2, 0) is 0 Å². The Morgan fingerprint density at radius 2 is 2.15 bits per heavy atom. The van der Waals surface area contributed by atoms with E-state index in [1.807, 2.05) is 25.1 Å². The molecule has 0 aromatic carbocycles. The fourth-order valence-electron chi connectivity index (χ4n) is 1.13. The topological polar surface area (TPSA) is 56.7 Å². The average molecular weight is 174 g/mol. The Bertz CT molecular complexity index is 402. The van der Waals surface area contributed by atoms with Crippen LogP contribution in [0.5, 0.6) is 0 Å². The quantitative estimate of drug-likeness (QED) is 0.705. The van der Waals surface area contributed by atoms with Gasteiger partial charge in [-0.2, -0.15) is 5.10 Å². The lowest BCUT2D eigenvalue weighted by Gasteiger charge is -2.02. The molecule has 0 atom stereocenters. The number of nitrogens with two attached hydrogens (primary N) is 1. The number of rotatable bonds is 1. The summed E-state index contributed by atoms with van der Waals surface area (Å²) in [5, 5.41) is 4.13. The molecule has 0 aliphatic rings. The summed E-state index contributed by atoms with van der Waals surface area (Å²) in [6.07, 6.45) is 3.36. The van der Waals surface area contributed by atoms with Crippen LogP contribution >= 0.6 is 0 Å². The summed E-state index contributed by atoms with van der Waals surface area (Å²) in [5.41, 5.74) is 7.24. The van der Waals surface area contributed by atoms with Gasteiger partial charge in [0.25, 0.3) is 0 Å². The number of nitrogens with zero attached hydrogens (tertiary/aromatic N) is 3. The zero-order chi connectivity index (χ0) is 9.26. The number of aryl methyl sites for hydroxylation is 1. The van der Waals surface area contributed by atoms with E-state index in [4.69, 9.17) is 5.73 Å². The average Bonchev–Trinajstić information content (AvgIpc) is 2.53. The van der Waals surface area contributed by atoms with Gasteiger partial charge in [0.05, 0.1) is 11.9 Å². The maximum absolute atomic E-state index is 5.53. The minimum Gasteiger partial charge on any atom is -0.397 e. The van der Waals surface area contributed by atoms with Crippen LogP contribution in [0.2, 0.25) is 0 Å². The van der Waals surface area contributed by atoms with Crippen LogP contribution in [0.3, 0.4) is 0 Å². The molecule has 13 heavy (non-hydrogen) atoms. The normalized spacial score (nSPS) is 10.2. The molecule has 0 unspecified atom stereocenters. The van der Waals surface area contributed by atoms with Gasteiger partial charge in [0.15, 0.2) is 5.82 Å². The molecule has 66 valence electrons. The van der Waals surface area contributed by atoms with Gasteiger partial charge < -0.3 is 5.73 Å². The van der Waals surface area contributed by atoms with Crippen molar-refractivity contribution in [3.63, 3.8) is 0 Å². The van der Waals surface area contributed by atoms with Crippen molar-refractivity contribution >= 4 is 5.69 Å². The fourth-order valence-corrected chi connectivity index (χ4v) is 1.13. The number of anilines is 1. The molecule has 0 saturated heterocycles. The summed E-state index contributed by atoms with van der Waals surface area (Å²) in [7, 11) is 0. The second kappa shape index (κ2) is 2.90. The van der Waals surface area contributed by atoms with Gasteiger partial charge in [-0.05, 0) is 25.1 Å². The zero-order valence-corrected chi connectivity index (χ0v) is 7.31. The summed E-state index contributed by atoms with van der Waals surface area (Å²) >= 11 is 0. The molecule has 0 amide bonds. The van der Waals surface area contributed by atoms with Crippen molar-refractivity contribution in [3.05, 3.63) is 36.3 Å². The van der Waals surface area contributed by atoms with E-state index in [0.717, 1.165) is 11.5 Å². The largest absolute Gasteiger partial charge is 0.397 e. The van der Waals surface area contributed by atoms with Crippen LogP contribution in [0.15, 0.2) is 30.6 Å². The number of nitrogen functional groups attached to an aromatic ring is 1. The van der Waals surface area contributed by atoms with E-state index in [1.54, 1.807) is 17.1 Å². The van der Waals surface area contributed by atoms with Crippen molar-refractivity contribution in [1.29, 1.82) is 0 Å². The van der Waals surface area contributed by atoms with Gasteiger partial charge in [0.1, 0.15) is 0 Å². The van der Waals surface area contributed by atoms with Gasteiger partial charge in [-0.1, -0.05) is 0 Å². The molecule has 4 nitrogen and oxygen atoms in total. The highest BCUT2D eigenvalue weighted by Gasteiger charge is 2.00. The molecule has 2 heterocycles. The van der Waals surface area contributed by atoms with Crippen LogP contribution < -0.4 is 5.73 Å². The van der Waals surface area contributed by atoms with Crippen molar-refractivity contribution in [2.75, 3.05) is 5.73 Å². The lowest BCUT2D eigenvalue weighted by molar-refractivity contribution is 0.818. The molecule has 0 fully saturated rings. The molecular weight excluding hydrogens is 164 g/mol. The smallest absolute Gasteiger partial charge is 0.153 e. The summed E-state index contributed by atoms with van der Waals surface area (Å²) in [4.78, 5) is 4.16. The maximum Gasteiger partial charge on any atom is 0.153 e. The van der Waals surface area contributed by atoms with Crippen LogP contribution in [0.1, 0.15) is 5.69 Å². The van der Waals surface area contributed by atoms with Crippen molar-refractivity contribution in [2.45, 2.75) is 6.92 Å². The van der Waals surface area contributed by atoms with Crippen molar-refractivity contribution in [3.8, 4) is 5.82 Å². The fraction of sp³-hybridized carbons (Fsp3) is 0.111. The van der Waals surface area contributed by atoms with E-state index in [9.17, 15) is 0 Å². The second-order valence-electron chi connectivity index (χ2n) is 2.83. The minimum atomic E-state index is 0.661. The van der Waals surface area contributed by atoms with Crippen LogP contribution in [0.4, 0.5) is 5.69 Å². The highest BCUT2D eigenvalue weighted by Crippen LogP contribution is 2.07. The molecular formula is C9H10N4. The lowest BCUT2D eigenvalue weighted by Crippen LogP contribution is -2.01. The van der Waals surface area contributed by atoms with E-state index >= 15 is 0 Å². The molecule has 2 aromatic heterocycles. The number of aromatic nitrogens is 3. The molecule has 0 aliphatic heterocycles. The van der Waals surface area contributed by atoms with Gasteiger partial charge >= 0.3 is 0 Å². The second-order valence-corrected chi connectivity index (χ2v) is 2.83. The van der Waals surface area contributed by atoms with Gasteiger partial charge in [0, 0.05) is 11.9 Å². The molecule has 2 rings (SSSR count). The molecule has 4 heteroatoms. The van der Waals surface area contributed by atoms with E-state index in [1.165, 1.54) is 0 Å². The van der Waals surface area contributed by atoms with Crippen LogP contribution in [0, 0.1) is 6.92 Å². The van der Waals surface area contributed by atoms with Crippen LogP contribution in [0.25, 0.3) is 5.82 Å². The molecule has 2 N–H and O–H groups in total. The SMILES string of the molecule is Cc1ccnn1-c1ccc(N)cn1. The molecule has 0 saturated carbocycles. The first-order valence-electron chi connectivity index (χ1n) is 4.00. The lowest BCUT2D eigenvalue weighted by atomic mass is 10.4. The van der Waals surface area contributed by atoms with E-state index in [-0.39, 0.29) is 0 Å². The third-order valence-electron chi connectivity index (χ3n) is 1.82. The Labute approximate surface area is 76.0 Å². The Kier molecular flexibility index (Phi) is 1.73. The van der Waals surface area contributed by atoms with E-state index in [2.05, 4.69) is 10.1 Å². The van der Waals surface area contributed by atoms with Gasteiger partial charge in [0.2, 0.25) is 0 Å². The first kappa shape index (κ1) is 7.79. The Hall–Kier alpha value is -1.84. The maximum atomic E-state index is 5.53. The molecule has 2 aromatic rings. The summed E-state index contributed by atoms with van der Waals surface area (Å²) in [6.45, 7) is 1.98. The molecule has 0 aliphatic carbocycles. The predicted octanol–water partition coefficient (Wildman–Crippen LogP) is 1.16. The van der Waals surface area contributed by atoms with Crippen molar-refractivity contribution < 1.29 is 0 Å². The summed E-state index contributed by atoms with van der Waals surface area (Å²) in [6, 6.07) is 5.58. The monoisotopic (exact) mass is 174 g/mol. The Morgan fingerprint density at radius 3 is 2.69 bits per heavy atom. The Balaban J connectivity index is 2.47. The number of pyridine rings is 1. The van der Waals surface area contributed by atoms with E-state index in [0.29, 0.717) is 5.69 Å². The summed E-state index contributed by atoms with van der Waals surface area (Å²) < 4.78 is 1.76. The van der Waals surface area contributed by atoms with Gasteiger partial charge in [-0.15, -0.1) is 0 Å². The first-order chi connectivity index (χ1) is 6.27. The van der Waals surface area contributed by atoms with Crippen molar-refractivity contribution in [1.82, 2.24) is 14.8 Å². The molecule has 0 radical (unpaired) electrons. The third-order valence-corrected chi connectivity index (χ3v) is 1.82. The predicted molar refractivity (Wildman–Crippen MR) is 50.5 cm³/mol. The number of hydrogen-bond donors (Lipinski definition) is 1. The standard InChI is InChI=1S/C9H10N4/c1-7-4-5-12-13(7)9-3-2-8(10)6-11-9/h2-6H,10H2,1H3. The van der Waals surface area contributed by atoms with Gasteiger partial charge in [-0.25, -0.2) is 9.67 Å². The zero-order valence-electron chi connectivity index (χ0n) is 7.31. The number of hydrogen-bond acceptors (Lipinski definition) is 3. The molecule has 0 bridgehead atoms. The molecule has 0 spiro atoms. The summed E-state index contributed by atoms with van der Waals surface area (Å²) in [5.74, 6) is 0.789. The highest BCUT2D eigenvalue weighted by molar-refractivity contribution is 5.38. The highest BCUT2D eigenvalue weighted by atomic mass is 15.3. The first-order valence-corrected chi connectivity index (χ1v) is 4.00. The third kappa shape index (κ3) is 1.38. The van der Waals surface area contributed by atoms with Gasteiger partial charge in [-0.3, -0.25) is 0 Å².